The molecule has 0 fully saturated rings. The van der Waals surface area contributed by atoms with Crippen LogP contribution in [0.5, 0.6) is 0 Å². The van der Waals surface area contributed by atoms with Crippen LogP contribution in [-0.2, 0) is 0 Å². The number of thiophene rings is 1. The first-order valence-corrected chi connectivity index (χ1v) is 3.81. The van der Waals surface area contributed by atoms with Gasteiger partial charge in [0.05, 0.1) is 12.5 Å². The van der Waals surface area contributed by atoms with Crippen molar-refractivity contribution in [1.29, 1.82) is 5.26 Å². The van der Waals surface area contributed by atoms with Gasteiger partial charge in [-0.2, -0.15) is 16.6 Å². The molecule has 10 heavy (non-hydrogen) atoms. The average molecular weight is 151 g/mol. The smallest absolute Gasteiger partial charge is 0.0663 e. The predicted octanol–water partition coefficient (Wildman–Crippen LogP) is 2.83. The van der Waals surface area contributed by atoms with Crippen molar-refractivity contribution in [2.24, 2.45) is 0 Å². The van der Waals surface area contributed by atoms with Crippen LogP contribution in [0.1, 0.15) is 6.42 Å². The van der Waals surface area contributed by atoms with E-state index >= 15 is 0 Å². The summed E-state index contributed by atoms with van der Waals surface area (Å²) in [6.45, 7) is 3.33. The molecule has 1 nitrogen and oxygen atoms in total. The van der Waals surface area contributed by atoms with Crippen molar-refractivity contribution >= 4 is 11.3 Å². The summed E-state index contributed by atoms with van der Waals surface area (Å²) < 4.78 is 0. The lowest BCUT2D eigenvalue weighted by Gasteiger charge is -1.55. The monoisotopic (exact) mass is 151 g/mol. The molecule has 0 radical (unpaired) electrons. The molecule has 0 aliphatic carbocycles. The second kappa shape index (κ2) is 7.93. The summed E-state index contributed by atoms with van der Waals surface area (Å²) in [7, 11) is 0. The van der Waals surface area contributed by atoms with Crippen LogP contribution in [0.2, 0.25) is 0 Å². The lowest BCUT2D eigenvalue weighted by atomic mass is 10.5. The Kier molecular flexibility index (Phi) is 7.08. The summed E-state index contributed by atoms with van der Waals surface area (Å²) in [5.74, 6) is 0. The molecule has 0 aromatic carbocycles. The van der Waals surface area contributed by atoms with E-state index in [2.05, 4.69) is 6.58 Å². The molecule has 0 saturated carbocycles. The second-order valence-corrected chi connectivity index (χ2v) is 2.26. The molecule has 1 aromatic heterocycles. The van der Waals surface area contributed by atoms with E-state index in [4.69, 9.17) is 5.26 Å². The van der Waals surface area contributed by atoms with Crippen molar-refractivity contribution in [3.8, 4) is 6.07 Å². The largest absolute Gasteiger partial charge is 0.198 e. The highest BCUT2D eigenvalue weighted by molar-refractivity contribution is 7.07. The molecule has 0 saturated heterocycles. The van der Waals surface area contributed by atoms with Crippen LogP contribution in [0.15, 0.2) is 35.5 Å². The maximum Gasteiger partial charge on any atom is 0.0663 e. The van der Waals surface area contributed by atoms with Gasteiger partial charge in [0.25, 0.3) is 0 Å². The second-order valence-electron chi connectivity index (χ2n) is 1.44. The van der Waals surface area contributed by atoms with Gasteiger partial charge in [-0.05, 0) is 10.8 Å². The van der Waals surface area contributed by atoms with E-state index in [1.807, 2.05) is 29.0 Å². The van der Waals surface area contributed by atoms with E-state index in [9.17, 15) is 0 Å². The molecule has 1 aromatic rings. The molecule has 52 valence electrons. The fourth-order valence-corrected chi connectivity index (χ4v) is 0.745. The number of rotatable bonds is 1. The van der Waals surface area contributed by atoms with E-state index in [0.717, 1.165) is 0 Å². The first-order chi connectivity index (χ1) is 4.91. The molecule has 0 bridgehead atoms. The molecule has 1 heterocycles. The quantitative estimate of drug-likeness (QED) is 0.566. The van der Waals surface area contributed by atoms with Crippen LogP contribution in [0.4, 0.5) is 0 Å². The molecule has 0 atom stereocenters. The zero-order valence-corrected chi connectivity index (χ0v) is 6.47. The minimum atomic E-state index is 0.458. The Morgan fingerprint density at radius 3 is 2.20 bits per heavy atom. The van der Waals surface area contributed by atoms with Crippen molar-refractivity contribution < 1.29 is 0 Å². The van der Waals surface area contributed by atoms with Gasteiger partial charge in [-0.25, -0.2) is 0 Å². The normalized spacial score (nSPS) is 6.70. The van der Waals surface area contributed by atoms with Crippen LogP contribution in [0.3, 0.4) is 0 Å². The SMILES string of the molecule is C=CCC#N.c1ccsc1. The molecule has 0 aliphatic rings. The Balaban J connectivity index is 0.000000162. The highest BCUT2D eigenvalue weighted by Crippen LogP contribution is 1.91. The van der Waals surface area contributed by atoms with Gasteiger partial charge in [-0.3, -0.25) is 0 Å². The predicted molar refractivity (Wildman–Crippen MR) is 44.7 cm³/mol. The van der Waals surface area contributed by atoms with Gasteiger partial charge in [0.1, 0.15) is 0 Å². The Hall–Kier alpha value is -1.07. The molecule has 0 unspecified atom stereocenters. The first-order valence-electron chi connectivity index (χ1n) is 2.87. The van der Waals surface area contributed by atoms with Gasteiger partial charge in [-0.15, -0.1) is 6.58 Å². The van der Waals surface area contributed by atoms with E-state index < -0.39 is 0 Å². The van der Waals surface area contributed by atoms with E-state index in [0.29, 0.717) is 6.42 Å². The highest BCUT2D eigenvalue weighted by Gasteiger charge is 1.58. The summed E-state index contributed by atoms with van der Waals surface area (Å²) in [5, 5.41) is 11.8. The molecule has 0 N–H and O–H groups in total. The minimum absolute atomic E-state index is 0.458. The van der Waals surface area contributed by atoms with Crippen LogP contribution in [0.25, 0.3) is 0 Å². The molecule has 0 spiro atoms. The number of hydrogen-bond donors (Lipinski definition) is 0. The zero-order valence-electron chi connectivity index (χ0n) is 5.66. The average Bonchev–Trinajstić information content (AvgIpc) is 2.44. The fraction of sp³-hybridized carbons (Fsp3) is 0.125. The molecule has 2 heteroatoms. The van der Waals surface area contributed by atoms with Crippen molar-refractivity contribution in [3.63, 3.8) is 0 Å². The third kappa shape index (κ3) is 6.93. The van der Waals surface area contributed by atoms with Gasteiger partial charge < -0.3 is 0 Å². The summed E-state index contributed by atoms with van der Waals surface area (Å²) in [5.41, 5.74) is 0. The maximum absolute atomic E-state index is 7.74. The number of nitriles is 1. The van der Waals surface area contributed by atoms with Crippen molar-refractivity contribution in [3.05, 3.63) is 35.5 Å². The third-order valence-electron chi connectivity index (χ3n) is 0.661. The molecular weight excluding hydrogens is 142 g/mol. The summed E-state index contributed by atoms with van der Waals surface area (Å²) in [6.07, 6.45) is 2.03. The lowest BCUT2D eigenvalue weighted by molar-refractivity contribution is 1.36. The van der Waals surface area contributed by atoms with Crippen LogP contribution < -0.4 is 0 Å². The summed E-state index contributed by atoms with van der Waals surface area (Å²) in [4.78, 5) is 0. The van der Waals surface area contributed by atoms with Gasteiger partial charge in [0.15, 0.2) is 0 Å². The third-order valence-corrected chi connectivity index (χ3v) is 1.29. The highest BCUT2D eigenvalue weighted by atomic mass is 32.1. The minimum Gasteiger partial charge on any atom is -0.198 e. The van der Waals surface area contributed by atoms with Crippen molar-refractivity contribution in [1.82, 2.24) is 0 Å². The zero-order chi connectivity index (χ0) is 7.66. The van der Waals surface area contributed by atoms with Gasteiger partial charge in [0.2, 0.25) is 0 Å². The maximum atomic E-state index is 7.74. The molecular formula is C8H9NS. The standard InChI is InChI=1S/C4H5N.C4H4S/c1-2-3-4-5;1-2-4-5-3-1/h2H,1,3H2;1-4H. The van der Waals surface area contributed by atoms with Gasteiger partial charge in [-0.1, -0.05) is 18.2 Å². The fourth-order valence-electron chi connectivity index (χ4n) is 0.291. The lowest BCUT2D eigenvalue weighted by Crippen LogP contribution is -1.45. The van der Waals surface area contributed by atoms with Crippen LogP contribution in [-0.4, -0.2) is 0 Å². The van der Waals surface area contributed by atoms with E-state index in [1.165, 1.54) is 0 Å². The topological polar surface area (TPSA) is 23.8 Å². The summed E-state index contributed by atoms with van der Waals surface area (Å²) >= 11 is 1.71. The Morgan fingerprint density at radius 1 is 1.50 bits per heavy atom. The Labute approximate surface area is 65.2 Å². The van der Waals surface area contributed by atoms with Crippen LogP contribution >= 0.6 is 11.3 Å². The number of nitrogens with zero attached hydrogens (tertiary/aromatic N) is 1. The molecule has 0 aliphatic heterocycles. The van der Waals surface area contributed by atoms with Crippen molar-refractivity contribution in [2.75, 3.05) is 0 Å². The molecule has 1 rings (SSSR count). The van der Waals surface area contributed by atoms with Gasteiger partial charge in [0, 0.05) is 0 Å². The van der Waals surface area contributed by atoms with Crippen molar-refractivity contribution in [2.45, 2.75) is 6.42 Å². The number of allylic oxidation sites excluding steroid dienone is 1. The Morgan fingerprint density at radius 2 is 2.10 bits per heavy atom. The van der Waals surface area contributed by atoms with E-state index in [1.54, 1.807) is 17.4 Å². The van der Waals surface area contributed by atoms with Crippen LogP contribution in [0, 0.1) is 11.3 Å². The molecule has 0 amide bonds. The van der Waals surface area contributed by atoms with E-state index in [-0.39, 0.29) is 0 Å². The number of hydrogen-bond acceptors (Lipinski definition) is 2. The Bertz CT molecular complexity index is 166. The summed E-state index contributed by atoms with van der Waals surface area (Å²) in [6, 6.07) is 5.94. The van der Waals surface area contributed by atoms with Gasteiger partial charge >= 0.3 is 0 Å². The first kappa shape index (κ1) is 8.93.